The third-order valence-electron chi connectivity index (χ3n) is 2.87. The van der Waals surface area contributed by atoms with Crippen molar-refractivity contribution in [3.05, 3.63) is 35.9 Å². The van der Waals surface area contributed by atoms with Gasteiger partial charge < -0.3 is 5.11 Å². The molecule has 1 aliphatic heterocycles. The molecule has 16 heavy (non-hydrogen) atoms. The monoisotopic (exact) mass is 223 g/mol. The van der Waals surface area contributed by atoms with Crippen LogP contribution in [0.4, 0.5) is 4.39 Å². The Bertz CT molecular complexity index is 369. The first kappa shape index (κ1) is 11.1. The first-order chi connectivity index (χ1) is 7.66. The highest BCUT2D eigenvalue weighted by molar-refractivity contribution is 5.74. The number of nitrogens with zero attached hydrogens (tertiary/aromatic N) is 1. The number of hydrogen-bond acceptors (Lipinski definition) is 2. The molecular formula is C12H14FNO2. The molecule has 0 saturated carbocycles. The quantitative estimate of drug-likeness (QED) is 0.847. The highest BCUT2D eigenvalue weighted by Crippen LogP contribution is 2.22. The Balaban J connectivity index is 2.06. The summed E-state index contributed by atoms with van der Waals surface area (Å²) in [5.74, 6) is -0.934. The van der Waals surface area contributed by atoms with Crippen LogP contribution in [0.3, 0.4) is 0 Å². The standard InChI is InChI=1S/C12H14FNO2/c13-10-6-11(12(15)16)14(8-10)7-9-4-2-1-3-5-9/h1-5,10-11H,6-8H2,(H,15,16)/t10-,11+/m1/s1. The Kier molecular flexibility index (Phi) is 3.19. The number of alkyl halides is 1. The number of carboxylic acids is 1. The average molecular weight is 223 g/mol. The number of likely N-dealkylation sites (tertiary alicyclic amines) is 1. The van der Waals surface area contributed by atoms with Crippen molar-refractivity contribution in [2.75, 3.05) is 6.54 Å². The van der Waals surface area contributed by atoms with Crippen LogP contribution in [0, 0.1) is 0 Å². The van der Waals surface area contributed by atoms with Crippen LogP contribution >= 0.6 is 0 Å². The second-order valence-electron chi connectivity index (χ2n) is 4.10. The molecule has 2 rings (SSSR count). The van der Waals surface area contributed by atoms with Crippen molar-refractivity contribution in [2.24, 2.45) is 0 Å². The topological polar surface area (TPSA) is 40.5 Å². The summed E-state index contributed by atoms with van der Waals surface area (Å²) in [4.78, 5) is 12.6. The third-order valence-corrected chi connectivity index (χ3v) is 2.87. The van der Waals surface area contributed by atoms with Gasteiger partial charge in [0.15, 0.2) is 0 Å². The lowest BCUT2D eigenvalue weighted by Crippen LogP contribution is -2.35. The second-order valence-corrected chi connectivity index (χ2v) is 4.10. The van der Waals surface area contributed by atoms with Gasteiger partial charge in [-0.2, -0.15) is 0 Å². The molecular weight excluding hydrogens is 209 g/mol. The van der Waals surface area contributed by atoms with E-state index in [-0.39, 0.29) is 13.0 Å². The molecule has 3 nitrogen and oxygen atoms in total. The molecule has 1 saturated heterocycles. The van der Waals surface area contributed by atoms with E-state index in [1.54, 1.807) is 4.90 Å². The van der Waals surface area contributed by atoms with Crippen LogP contribution in [0.2, 0.25) is 0 Å². The molecule has 1 N–H and O–H groups in total. The predicted molar refractivity (Wildman–Crippen MR) is 57.8 cm³/mol. The van der Waals surface area contributed by atoms with E-state index in [1.807, 2.05) is 30.3 Å². The van der Waals surface area contributed by atoms with Gasteiger partial charge in [-0.15, -0.1) is 0 Å². The fraction of sp³-hybridized carbons (Fsp3) is 0.417. The van der Waals surface area contributed by atoms with Gasteiger partial charge >= 0.3 is 5.97 Å². The van der Waals surface area contributed by atoms with E-state index in [9.17, 15) is 9.18 Å². The Morgan fingerprint density at radius 3 is 2.75 bits per heavy atom. The molecule has 4 heteroatoms. The Morgan fingerprint density at radius 1 is 1.44 bits per heavy atom. The van der Waals surface area contributed by atoms with Crippen molar-refractivity contribution >= 4 is 5.97 Å². The summed E-state index contributed by atoms with van der Waals surface area (Å²) in [7, 11) is 0. The van der Waals surface area contributed by atoms with Crippen molar-refractivity contribution < 1.29 is 14.3 Å². The second kappa shape index (κ2) is 4.61. The van der Waals surface area contributed by atoms with Gasteiger partial charge in [-0.3, -0.25) is 9.69 Å². The molecule has 1 aromatic rings. The van der Waals surface area contributed by atoms with Gasteiger partial charge in [0.05, 0.1) is 0 Å². The lowest BCUT2D eigenvalue weighted by Gasteiger charge is -2.20. The molecule has 2 atom stereocenters. The molecule has 0 aromatic heterocycles. The summed E-state index contributed by atoms with van der Waals surface area (Å²) in [5.41, 5.74) is 1.02. The number of carbonyl (C=O) groups is 1. The van der Waals surface area contributed by atoms with E-state index < -0.39 is 18.2 Å². The van der Waals surface area contributed by atoms with Gasteiger partial charge in [0.25, 0.3) is 0 Å². The number of halogens is 1. The molecule has 0 bridgehead atoms. The largest absolute Gasteiger partial charge is 0.480 e. The number of carboxylic acid groups (broad SMARTS) is 1. The molecule has 0 amide bonds. The molecule has 1 fully saturated rings. The van der Waals surface area contributed by atoms with Crippen LogP contribution < -0.4 is 0 Å². The average Bonchev–Trinajstić information content (AvgIpc) is 2.61. The number of rotatable bonds is 3. The smallest absolute Gasteiger partial charge is 0.321 e. The van der Waals surface area contributed by atoms with E-state index in [1.165, 1.54) is 0 Å². The minimum absolute atomic E-state index is 0.0994. The molecule has 1 heterocycles. The van der Waals surface area contributed by atoms with E-state index >= 15 is 0 Å². The van der Waals surface area contributed by atoms with Crippen molar-refractivity contribution in [2.45, 2.75) is 25.2 Å². The number of aliphatic carboxylic acids is 1. The molecule has 0 unspecified atom stereocenters. The maximum atomic E-state index is 13.2. The predicted octanol–water partition coefficient (Wildman–Crippen LogP) is 1.68. The van der Waals surface area contributed by atoms with E-state index in [0.717, 1.165) is 5.56 Å². The van der Waals surface area contributed by atoms with Crippen LogP contribution in [0.15, 0.2) is 30.3 Å². The maximum Gasteiger partial charge on any atom is 0.321 e. The lowest BCUT2D eigenvalue weighted by molar-refractivity contribution is -0.142. The maximum absolute atomic E-state index is 13.2. The van der Waals surface area contributed by atoms with Crippen LogP contribution in [-0.2, 0) is 11.3 Å². The highest BCUT2D eigenvalue weighted by Gasteiger charge is 2.36. The van der Waals surface area contributed by atoms with Crippen LogP contribution in [0.25, 0.3) is 0 Å². The summed E-state index contributed by atoms with van der Waals surface area (Å²) in [6.45, 7) is 0.712. The van der Waals surface area contributed by atoms with E-state index in [0.29, 0.717) is 6.54 Å². The normalized spacial score (nSPS) is 25.8. The van der Waals surface area contributed by atoms with Gasteiger partial charge in [0.2, 0.25) is 0 Å². The van der Waals surface area contributed by atoms with E-state index in [4.69, 9.17) is 5.11 Å². The van der Waals surface area contributed by atoms with Crippen molar-refractivity contribution in [1.82, 2.24) is 4.90 Å². The molecule has 86 valence electrons. The first-order valence-corrected chi connectivity index (χ1v) is 5.31. The van der Waals surface area contributed by atoms with Crippen molar-refractivity contribution in [3.63, 3.8) is 0 Å². The summed E-state index contributed by atoms with van der Waals surface area (Å²) in [5, 5.41) is 8.97. The van der Waals surface area contributed by atoms with Gasteiger partial charge in [-0.1, -0.05) is 30.3 Å². The third kappa shape index (κ3) is 2.39. The SMILES string of the molecule is O=C(O)[C@@H]1C[C@@H](F)CN1Cc1ccccc1. The lowest BCUT2D eigenvalue weighted by atomic mass is 10.2. The zero-order valence-electron chi connectivity index (χ0n) is 8.84. The molecule has 0 aliphatic carbocycles. The van der Waals surface area contributed by atoms with Crippen molar-refractivity contribution in [3.8, 4) is 0 Å². The fourth-order valence-electron chi connectivity index (χ4n) is 2.10. The number of benzene rings is 1. The zero-order chi connectivity index (χ0) is 11.5. The fourth-order valence-corrected chi connectivity index (χ4v) is 2.10. The molecule has 1 aliphatic rings. The van der Waals surface area contributed by atoms with E-state index in [2.05, 4.69) is 0 Å². The zero-order valence-corrected chi connectivity index (χ0v) is 8.84. The summed E-state index contributed by atoms with van der Waals surface area (Å²) >= 11 is 0. The highest BCUT2D eigenvalue weighted by atomic mass is 19.1. The first-order valence-electron chi connectivity index (χ1n) is 5.31. The van der Waals surface area contributed by atoms with Crippen LogP contribution in [0.5, 0.6) is 0 Å². The minimum atomic E-state index is -1.02. The van der Waals surface area contributed by atoms with Gasteiger partial charge in [-0.05, 0) is 5.56 Å². The van der Waals surface area contributed by atoms with Crippen molar-refractivity contribution in [1.29, 1.82) is 0 Å². The van der Waals surface area contributed by atoms with Gasteiger partial charge in [0, 0.05) is 19.5 Å². The number of hydrogen-bond donors (Lipinski definition) is 1. The Morgan fingerprint density at radius 2 is 2.12 bits per heavy atom. The van der Waals surface area contributed by atoms with Gasteiger partial charge in [0.1, 0.15) is 12.2 Å². The summed E-state index contributed by atoms with van der Waals surface area (Å²) in [6.07, 6.45) is -0.924. The van der Waals surface area contributed by atoms with Crippen LogP contribution in [0.1, 0.15) is 12.0 Å². The summed E-state index contributed by atoms with van der Waals surface area (Å²) in [6, 6.07) is 8.85. The Hall–Kier alpha value is -1.42. The molecule has 0 radical (unpaired) electrons. The molecule has 1 aromatic carbocycles. The summed E-state index contributed by atoms with van der Waals surface area (Å²) < 4.78 is 13.2. The Labute approximate surface area is 93.5 Å². The minimum Gasteiger partial charge on any atom is -0.480 e. The molecule has 0 spiro atoms. The van der Waals surface area contributed by atoms with Crippen LogP contribution in [-0.4, -0.2) is 34.7 Å². The van der Waals surface area contributed by atoms with Gasteiger partial charge in [-0.25, -0.2) is 4.39 Å².